The van der Waals surface area contributed by atoms with Gasteiger partial charge in [-0.3, -0.25) is 14.2 Å². The Kier molecular flexibility index (Phi) is 6.65. The molecule has 1 saturated heterocycles. The van der Waals surface area contributed by atoms with Crippen molar-refractivity contribution in [3.05, 3.63) is 52.6 Å². The highest BCUT2D eigenvalue weighted by Crippen LogP contribution is 2.29. The van der Waals surface area contributed by atoms with Crippen LogP contribution in [0.5, 0.6) is 0 Å². The highest BCUT2D eigenvalue weighted by Gasteiger charge is 2.21. The minimum atomic E-state index is -0.203. The summed E-state index contributed by atoms with van der Waals surface area (Å²) in [6.45, 7) is 6.11. The number of benzene rings is 1. The topological polar surface area (TPSA) is 80.1 Å². The van der Waals surface area contributed by atoms with Crippen molar-refractivity contribution in [1.82, 2.24) is 19.9 Å². The summed E-state index contributed by atoms with van der Waals surface area (Å²) in [5.74, 6) is 0.441. The SMILES string of the molecule is C[C@H]1CCCN(c2nc3ncn(CC(=O)N[C@@H](C)CCc4ccccc4)c(=O)c3s2)C1. The number of carbonyl (C=O) groups excluding carboxylic acids is 1. The molecule has 1 fully saturated rings. The second kappa shape index (κ2) is 9.60. The predicted octanol–water partition coefficient (Wildman–Crippen LogP) is 3.23. The number of nitrogens with one attached hydrogen (secondary N) is 1. The van der Waals surface area contributed by atoms with E-state index in [-0.39, 0.29) is 24.1 Å². The standard InChI is InChI=1S/C23H29N5O2S/c1-16-7-6-12-27(13-16)23-26-21-20(31-23)22(30)28(15-24-21)14-19(29)25-17(2)10-11-18-8-4-3-5-9-18/h3-5,8-9,15-17H,6-7,10-14H2,1-2H3,(H,25,29)/t16-,17-/m0/s1. The molecular formula is C23H29N5O2S. The normalized spacial score (nSPS) is 17.6. The van der Waals surface area contributed by atoms with Gasteiger partial charge in [-0.05, 0) is 44.1 Å². The van der Waals surface area contributed by atoms with Gasteiger partial charge in [-0.15, -0.1) is 0 Å². The second-order valence-corrected chi connectivity index (χ2v) is 9.49. The number of piperidine rings is 1. The largest absolute Gasteiger partial charge is 0.352 e. The third-order valence-corrected chi connectivity index (χ3v) is 6.82. The molecule has 1 amide bonds. The maximum absolute atomic E-state index is 12.9. The van der Waals surface area contributed by atoms with Gasteiger partial charge in [0, 0.05) is 19.1 Å². The number of anilines is 1. The highest BCUT2D eigenvalue weighted by atomic mass is 32.1. The third-order valence-electron chi connectivity index (χ3n) is 5.73. The van der Waals surface area contributed by atoms with E-state index in [9.17, 15) is 9.59 Å². The molecular weight excluding hydrogens is 410 g/mol. The van der Waals surface area contributed by atoms with Crippen LogP contribution in [0, 0.1) is 5.92 Å². The molecule has 0 bridgehead atoms. The lowest BCUT2D eigenvalue weighted by Gasteiger charge is -2.30. The Morgan fingerprint density at radius 2 is 2.13 bits per heavy atom. The first kappa shape index (κ1) is 21.5. The van der Waals surface area contributed by atoms with E-state index in [1.807, 2.05) is 25.1 Å². The third kappa shape index (κ3) is 5.31. The van der Waals surface area contributed by atoms with Crippen LogP contribution in [-0.2, 0) is 17.8 Å². The van der Waals surface area contributed by atoms with Crippen LogP contribution in [0.4, 0.5) is 5.13 Å². The molecule has 3 aromatic rings. The van der Waals surface area contributed by atoms with Crippen LogP contribution in [0.15, 0.2) is 41.5 Å². The fraction of sp³-hybridized carbons (Fsp3) is 0.478. The Morgan fingerprint density at radius 3 is 2.90 bits per heavy atom. The average Bonchev–Trinajstić information content (AvgIpc) is 3.20. The minimum Gasteiger partial charge on any atom is -0.352 e. The number of hydrogen-bond donors (Lipinski definition) is 1. The number of hydrogen-bond acceptors (Lipinski definition) is 6. The Morgan fingerprint density at radius 1 is 1.32 bits per heavy atom. The summed E-state index contributed by atoms with van der Waals surface area (Å²) < 4.78 is 1.89. The number of rotatable bonds is 7. The zero-order valence-corrected chi connectivity index (χ0v) is 18.9. The molecule has 164 valence electrons. The van der Waals surface area contributed by atoms with E-state index in [0.29, 0.717) is 16.3 Å². The van der Waals surface area contributed by atoms with E-state index in [1.54, 1.807) is 0 Å². The van der Waals surface area contributed by atoms with Gasteiger partial charge in [-0.25, -0.2) is 4.98 Å². The molecule has 0 unspecified atom stereocenters. The molecule has 31 heavy (non-hydrogen) atoms. The second-order valence-electron chi connectivity index (χ2n) is 8.51. The van der Waals surface area contributed by atoms with Crippen LogP contribution in [0.1, 0.15) is 38.7 Å². The zero-order valence-electron chi connectivity index (χ0n) is 18.1. The number of aryl methyl sites for hydroxylation is 1. The lowest BCUT2D eigenvalue weighted by Crippen LogP contribution is -2.37. The van der Waals surface area contributed by atoms with Gasteiger partial charge < -0.3 is 10.2 Å². The first-order valence-corrected chi connectivity index (χ1v) is 11.8. The van der Waals surface area contributed by atoms with Crippen molar-refractivity contribution in [3.8, 4) is 0 Å². The van der Waals surface area contributed by atoms with Crippen LogP contribution in [0.2, 0.25) is 0 Å². The predicted molar refractivity (Wildman–Crippen MR) is 125 cm³/mol. The van der Waals surface area contributed by atoms with Crippen LogP contribution >= 0.6 is 11.3 Å². The Labute approximate surface area is 186 Å². The summed E-state index contributed by atoms with van der Waals surface area (Å²) >= 11 is 1.38. The molecule has 1 aromatic carbocycles. The number of aromatic nitrogens is 3. The molecule has 2 atom stereocenters. The molecule has 7 nitrogen and oxygen atoms in total. The molecule has 1 N–H and O–H groups in total. The number of fused-ring (bicyclic) bond motifs is 1. The highest BCUT2D eigenvalue weighted by molar-refractivity contribution is 7.22. The number of thiazole rings is 1. The fourth-order valence-electron chi connectivity index (χ4n) is 4.02. The van der Waals surface area contributed by atoms with Crippen molar-refractivity contribution >= 4 is 32.7 Å². The summed E-state index contributed by atoms with van der Waals surface area (Å²) in [6, 6.07) is 10.2. The first-order chi connectivity index (χ1) is 15.0. The maximum atomic E-state index is 12.9. The number of carbonyl (C=O) groups is 1. The van der Waals surface area contributed by atoms with Gasteiger partial charge >= 0.3 is 0 Å². The molecule has 8 heteroatoms. The summed E-state index contributed by atoms with van der Waals surface area (Å²) in [7, 11) is 0. The van der Waals surface area contributed by atoms with E-state index in [1.165, 1.54) is 34.2 Å². The van der Waals surface area contributed by atoms with Crippen molar-refractivity contribution in [2.24, 2.45) is 5.92 Å². The van der Waals surface area contributed by atoms with Gasteiger partial charge in [-0.1, -0.05) is 48.6 Å². The Hall–Kier alpha value is -2.74. The van der Waals surface area contributed by atoms with E-state index in [0.717, 1.165) is 37.5 Å². The molecule has 0 aliphatic carbocycles. The Bertz CT molecular complexity index is 1090. The van der Waals surface area contributed by atoms with Crippen molar-refractivity contribution in [2.45, 2.75) is 52.1 Å². The molecule has 0 radical (unpaired) electrons. The van der Waals surface area contributed by atoms with Gasteiger partial charge in [0.1, 0.15) is 17.6 Å². The fourth-order valence-corrected chi connectivity index (χ4v) is 5.03. The van der Waals surface area contributed by atoms with E-state index >= 15 is 0 Å². The van der Waals surface area contributed by atoms with Crippen molar-refractivity contribution < 1.29 is 4.79 Å². The molecule has 4 rings (SSSR count). The monoisotopic (exact) mass is 439 g/mol. The summed E-state index contributed by atoms with van der Waals surface area (Å²) in [5, 5.41) is 3.84. The summed E-state index contributed by atoms with van der Waals surface area (Å²) in [4.78, 5) is 36.6. The smallest absolute Gasteiger partial charge is 0.273 e. The molecule has 0 saturated carbocycles. The van der Waals surface area contributed by atoms with Crippen molar-refractivity contribution in [1.29, 1.82) is 0 Å². The van der Waals surface area contributed by atoms with E-state index < -0.39 is 0 Å². The van der Waals surface area contributed by atoms with Crippen molar-refractivity contribution in [3.63, 3.8) is 0 Å². The van der Waals surface area contributed by atoms with Crippen molar-refractivity contribution in [2.75, 3.05) is 18.0 Å². The van der Waals surface area contributed by atoms with Gasteiger partial charge in [-0.2, -0.15) is 4.98 Å². The van der Waals surface area contributed by atoms with Crippen LogP contribution in [0.25, 0.3) is 10.3 Å². The number of nitrogens with zero attached hydrogens (tertiary/aromatic N) is 4. The van der Waals surface area contributed by atoms with Gasteiger partial charge in [0.15, 0.2) is 10.8 Å². The molecule has 3 heterocycles. The van der Waals surface area contributed by atoms with Gasteiger partial charge in [0.2, 0.25) is 5.91 Å². The lowest BCUT2D eigenvalue weighted by molar-refractivity contribution is -0.122. The first-order valence-electron chi connectivity index (χ1n) is 10.9. The number of amides is 1. The van der Waals surface area contributed by atoms with E-state index in [4.69, 9.17) is 0 Å². The van der Waals surface area contributed by atoms with E-state index in [2.05, 4.69) is 39.2 Å². The molecule has 1 aliphatic rings. The van der Waals surface area contributed by atoms with Crippen LogP contribution in [-0.4, -0.2) is 39.6 Å². The lowest BCUT2D eigenvalue weighted by atomic mass is 10.0. The average molecular weight is 440 g/mol. The Balaban J connectivity index is 1.39. The minimum absolute atomic E-state index is 0.0243. The van der Waals surface area contributed by atoms with Crippen LogP contribution in [0.3, 0.4) is 0 Å². The molecule has 2 aromatic heterocycles. The van der Waals surface area contributed by atoms with Gasteiger partial charge in [0.05, 0.1) is 0 Å². The summed E-state index contributed by atoms with van der Waals surface area (Å²) in [6.07, 6.45) is 5.53. The maximum Gasteiger partial charge on any atom is 0.273 e. The summed E-state index contributed by atoms with van der Waals surface area (Å²) in [5.41, 5.74) is 1.51. The molecule has 1 aliphatic heterocycles. The van der Waals surface area contributed by atoms with Gasteiger partial charge in [0.25, 0.3) is 5.56 Å². The molecule has 0 spiro atoms. The quantitative estimate of drug-likeness (QED) is 0.611. The zero-order chi connectivity index (χ0) is 21.8. The van der Waals surface area contributed by atoms with Crippen LogP contribution < -0.4 is 15.8 Å².